The van der Waals surface area contributed by atoms with Crippen molar-refractivity contribution in [2.45, 2.75) is 57.7 Å². The molecule has 0 bridgehead atoms. The number of carbonyl (C=O) groups is 1. The number of fused-ring (bicyclic) bond motifs is 3. The van der Waals surface area contributed by atoms with Crippen LogP contribution in [0, 0.1) is 0 Å². The third-order valence-electron chi connectivity index (χ3n) is 5.85. The predicted molar refractivity (Wildman–Crippen MR) is 130 cm³/mol. The minimum Gasteiger partial charge on any atom is -0.341 e. The number of rotatable bonds is 8. The summed E-state index contributed by atoms with van der Waals surface area (Å²) in [5.74, 6) is 2.16. The average molecular weight is 456 g/mol. The predicted octanol–water partition coefficient (Wildman–Crippen LogP) is 4.71. The molecule has 0 aliphatic heterocycles. The molecule has 0 unspecified atom stereocenters. The van der Waals surface area contributed by atoms with Crippen molar-refractivity contribution in [3.63, 3.8) is 0 Å². The van der Waals surface area contributed by atoms with E-state index in [1.807, 2.05) is 7.05 Å². The maximum absolute atomic E-state index is 12.6. The SMILES string of the molecule is CCc1ccc(CN(C)C(=O)CCSCc2nc3sc4c(c3c(=O)[nH]2)CCCC4)cc1. The van der Waals surface area contributed by atoms with E-state index < -0.39 is 0 Å². The van der Waals surface area contributed by atoms with Gasteiger partial charge in [-0.25, -0.2) is 4.98 Å². The van der Waals surface area contributed by atoms with Crippen molar-refractivity contribution in [1.29, 1.82) is 0 Å². The van der Waals surface area contributed by atoms with Crippen LogP contribution in [0.2, 0.25) is 0 Å². The van der Waals surface area contributed by atoms with E-state index in [1.54, 1.807) is 28.0 Å². The molecule has 3 aromatic rings. The Labute approximate surface area is 191 Å². The lowest BCUT2D eigenvalue weighted by molar-refractivity contribution is -0.129. The van der Waals surface area contributed by atoms with Gasteiger partial charge in [0.25, 0.3) is 5.56 Å². The van der Waals surface area contributed by atoms with Crippen LogP contribution in [-0.4, -0.2) is 33.6 Å². The summed E-state index contributed by atoms with van der Waals surface area (Å²) in [6.45, 7) is 2.77. The zero-order valence-electron chi connectivity index (χ0n) is 18.2. The summed E-state index contributed by atoms with van der Waals surface area (Å²) in [6.07, 6.45) is 5.92. The number of thiophene rings is 1. The molecule has 0 fully saturated rings. The van der Waals surface area contributed by atoms with Crippen LogP contribution in [0.15, 0.2) is 29.1 Å². The summed E-state index contributed by atoms with van der Waals surface area (Å²) >= 11 is 3.32. The van der Waals surface area contributed by atoms with Crippen molar-refractivity contribution in [2.75, 3.05) is 12.8 Å². The van der Waals surface area contributed by atoms with Gasteiger partial charge in [0.05, 0.1) is 11.1 Å². The fourth-order valence-corrected chi connectivity index (χ4v) is 6.11. The Morgan fingerprint density at radius 2 is 1.94 bits per heavy atom. The van der Waals surface area contributed by atoms with Crippen molar-refractivity contribution in [2.24, 2.45) is 0 Å². The van der Waals surface area contributed by atoms with Crippen molar-refractivity contribution >= 4 is 39.2 Å². The number of hydrogen-bond acceptors (Lipinski definition) is 5. The first-order valence-electron chi connectivity index (χ1n) is 11.0. The van der Waals surface area contributed by atoms with Gasteiger partial charge in [0.15, 0.2) is 0 Å². The van der Waals surface area contributed by atoms with Crippen LogP contribution >= 0.6 is 23.1 Å². The molecule has 164 valence electrons. The largest absolute Gasteiger partial charge is 0.341 e. The fourth-order valence-electron chi connectivity index (χ4n) is 4.04. The molecule has 1 aliphatic carbocycles. The van der Waals surface area contributed by atoms with Gasteiger partial charge in [0.1, 0.15) is 10.7 Å². The molecule has 7 heteroatoms. The van der Waals surface area contributed by atoms with E-state index in [0.29, 0.717) is 30.3 Å². The highest BCUT2D eigenvalue weighted by Gasteiger charge is 2.19. The number of H-pyrrole nitrogens is 1. The molecule has 0 atom stereocenters. The summed E-state index contributed by atoms with van der Waals surface area (Å²) in [6, 6.07) is 8.44. The Balaban J connectivity index is 1.28. The Hall–Kier alpha value is -2.12. The molecule has 0 saturated heterocycles. The first-order valence-corrected chi connectivity index (χ1v) is 12.9. The van der Waals surface area contributed by atoms with E-state index in [1.165, 1.54) is 22.4 Å². The lowest BCUT2D eigenvalue weighted by Gasteiger charge is -2.17. The molecule has 0 spiro atoms. The van der Waals surface area contributed by atoms with Crippen molar-refractivity contribution in [3.05, 3.63) is 62.0 Å². The fraction of sp³-hybridized carbons (Fsp3) is 0.458. The number of aromatic nitrogens is 2. The summed E-state index contributed by atoms with van der Waals surface area (Å²) < 4.78 is 0. The van der Waals surface area contributed by atoms with Crippen LogP contribution in [0.3, 0.4) is 0 Å². The highest BCUT2D eigenvalue weighted by atomic mass is 32.2. The Morgan fingerprint density at radius 1 is 1.19 bits per heavy atom. The molecule has 4 rings (SSSR count). The smallest absolute Gasteiger partial charge is 0.259 e. The second kappa shape index (κ2) is 10.0. The molecule has 0 saturated carbocycles. The third-order valence-corrected chi connectivity index (χ3v) is 8.01. The molecule has 2 heterocycles. The van der Waals surface area contributed by atoms with E-state index >= 15 is 0 Å². The van der Waals surface area contributed by atoms with E-state index in [-0.39, 0.29) is 11.5 Å². The summed E-state index contributed by atoms with van der Waals surface area (Å²) in [5, 5.41) is 0.803. The van der Waals surface area contributed by atoms with Crippen LogP contribution in [-0.2, 0) is 36.4 Å². The summed E-state index contributed by atoms with van der Waals surface area (Å²) in [4.78, 5) is 36.7. The number of nitrogens with one attached hydrogen (secondary N) is 1. The van der Waals surface area contributed by atoms with Gasteiger partial charge in [0, 0.05) is 30.6 Å². The quantitative estimate of drug-likeness (QED) is 0.500. The van der Waals surface area contributed by atoms with E-state index in [9.17, 15) is 9.59 Å². The third kappa shape index (κ3) is 5.21. The molecule has 5 nitrogen and oxygen atoms in total. The first kappa shape index (κ1) is 22.1. The number of nitrogens with zero attached hydrogens (tertiary/aromatic N) is 2. The zero-order chi connectivity index (χ0) is 21.8. The van der Waals surface area contributed by atoms with Gasteiger partial charge in [-0.2, -0.15) is 11.8 Å². The molecule has 31 heavy (non-hydrogen) atoms. The zero-order valence-corrected chi connectivity index (χ0v) is 19.8. The average Bonchev–Trinajstić information content (AvgIpc) is 3.16. The maximum Gasteiger partial charge on any atom is 0.259 e. The minimum absolute atomic E-state index is 0.00935. The van der Waals surface area contributed by atoms with Crippen LogP contribution < -0.4 is 5.56 Å². The molecule has 1 N–H and O–H groups in total. The van der Waals surface area contributed by atoms with Gasteiger partial charge < -0.3 is 9.88 Å². The number of thioether (sulfide) groups is 1. The standard InChI is InChI=1S/C24H29N3O2S2/c1-3-16-8-10-17(11-9-16)14-27(2)21(28)12-13-30-15-20-25-23(29)22-18-6-4-5-7-19(18)31-24(22)26-20/h8-11H,3-7,12-15H2,1-2H3,(H,25,26,29). The number of amides is 1. The highest BCUT2D eigenvalue weighted by Crippen LogP contribution is 2.33. The van der Waals surface area contributed by atoms with Gasteiger partial charge in [-0.1, -0.05) is 31.2 Å². The number of benzene rings is 1. The van der Waals surface area contributed by atoms with Gasteiger partial charge in [-0.15, -0.1) is 11.3 Å². The lowest BCUT2D eigenvalue weighted by atomic mass is 9.97. The van der Waals surface area contributed by atoms with Crippen LogP contribution in [0.1, 0.15) is 53.6 Å². The number of hydrogen-bond donors (Lipinski definition) is 1. The Bertz CT molecular complexity index is 1120. The molecule has 1 amide bonds. The van der Waals surface area contributed by atoms with Crippen molar-refractivity contribution < 1.29 is 4.79 Å². The normalized spacial score (nSPS) is 13.4. The molecule has 1 aliphatic rings. The molecule has 1 aromatic carbocycles. The first-order chi connectivity index (χ1) is 15.0. The van der Waals surface area contributed by atoms with Crippen molar-refractivity contribution in [3.8, 4) is 0 Å². The highest BCUT2D eigenvalue weighted by molar-refractivity contribution is 7.98. The second-order valence-corrected chi connectivity index (χ2v) is 10.3. The topological polar surface area (TPSA) is 66.1 Å². The van der Waals surface area contributed by atoms with Crippen LogP contribution in [0.4, 0.5) is 0 Å². The summed E-state index contributed by atoms with van der Waals surface area (Å²) in [5.41, 5.74) is 3.66. The lowest BCUT2D eigenvalue weighted by Crippen LogP contribution is -2.26. The van der Waals surface area contributed by atoms with E-state index in [2.05, 4.69) is 36.2 Å². The van der Waals surface area contributed by atoms with Gasteiger partial charge in [-0.05, 0) is 48.8 Å². The van der Waals surface area contributed by atoms with E-state index in [4.69, 9.17) is 4.98 Å². The van der Waals surface area contributed by atoms with Gasteiger partial charge in [-0.3, -0.25) is 9.59 Å². The number of carbonyl (C=O) groups excluding carboxylic acids is 1. The van der Waals surface area contributed by atoms with Gasteiger partial charge >= 0.3 is 0 Å². The maximum atomic E-state index is 12.6. The molecular formula is C24H29N3O2S2. The Morgan fingerprint density at radius 3 is 2.71 bits per heavy atom. The van der Waals surface area contributed by atoms with Crippen molar-refractivity contribution in [1.82, 2.24) is 14.9 Å². The summed E-state index contributed by atoms with van der Waals surface area (Å²) in [7, 11) is 1.85. The monoisotopic (exact) mass is 455 g/mol. The number of aryl methyl sites for hydroxylation is 3. The minimum atomic E-state index is -0.00935. The van der Waals surface area contributed by atoms with Crippen LogP contribution in [0.5, 0.6) is 0 Å². The van der Waals surface area contributed by atoms with Gasteiger partial charge in [0.2, 0.25) is 5.91 Å². The molecular weight excluding hydrogens is 426 g/mol. The molecule has 2 aromatic heterocycles. The van der Waals surface area contributed by atoms with Crippen LogP contribution in [0.25, 0.3) is 10.2 Å². The molecule has 0 radical (unpaired) electrons. The van der Waals surface area contributed by atoms with E-state index in [0.717, 1.165) is 41.5 Å². The number of aromatic amines is 1. The Kier molecular flexibility index (Phi) is 7.13. The second-order valence-electron chi connectivity index (χ2n) is 8.13.